The lowest BCUT2D eigenvalue weighted by molar-refractivity contribution is 0.302. The molecule has 5 nitrogen and oxygen atoms in total. The maximum Gasteiger partial charge on any atom is 0.170 e. The Morgan fingerprint density at radius 3 is 2.36 bits per heavy atom. The van der Waals surface area contributed by atoms with Crippen LogP contribution in [0.3, 0.4) is 0 Å². The van der Waals surface area contributed by atoms with Crippen molar-refractivity contribution in [2.24, 2.45) is 0 Å². The first-order valence-electron chi connectivity index (χ1n) is 11.1. The first kappa shape index (κ1) is 21.2. The molecular weight excluding hydrogens is 426 g/mol. The molecule has 4 aromatic rings. The minimum Gasteiger partial charge on any atom is -0.378 e. The fourth-order valence-electron chi connectivity index (χ4n) is 4.46. The van der Waals surface area contributed by atoms with E-state index in [1.807, 2.05) is 24.4 Å². The molecule has 0 spiro atoms. The topological polar surface area (TPSA) is 36.3 Å². The average Bonchev–Trinajstić information content (AvgIpc) is 3.45. The summed E-state index contributed by atoms with van der Waals surface area (Å²) < 4.78 is 2.26. The summed E-state index contributed by atoms with van der Waals surface area (Å²) in [5.74, 6) is 0. The second-order valence-electron chi connectivity index (χ2n) is 8.45. The van der Waals surface area contributed by atoms with E-state index in [0.717, 1.165) is 23.0 Å². The summed E-state index contributed by atoms with van der Waals surface area (Å²) in [6.07, 6.45) is 3.97. The van der Waals surface area contributed by atoms with Gasteiger partial charge in [0.25, 0.3) is 0 Å². The normalized spacial score (nSPS) is 17.8. The van der Waals surface area contributed by atoms with E-state index in [4.69, 9.17) is 12.2 Å². The quantitative estimate of drug-likeness (QED) is 0.411. The smallest absolute Gasteiger partial charge is 0.170 e. The van der Waals surface area contributed by atoms with Gasteiger partial charge in [-0.1, -0.05) is 36.4 Å². The van der Waals surface area contributed by atoms with Crippen LogP contribution in [-0.2, 0) is 6.54 Å². The van der Waals surface area contributed by atoms with Gasteiger partial charge in [0.2, 0.25) is 0 Å². The lowest BCUT2D eigenvalue weighted by atomic mass is 10.0. The van der Waals surface area contributed by atoms with Crippen LogP contribution in [0.1, 0.15) is 29.0 Å². The Morgan fingerprint density at radius 1 is 0.909 bits per heavy atom. The number of pyridine rings is 1. The van der Waals surface area contributed by atoms with Gasteiger partial charge in [0, 0.05) is 50.1 Å². The second-order valence-corrected chi connectivity index (χ2v) is 8.84. The van der Waals surface area contributed by atoms with Crippen LogP contribution in [0.25, 0.3) is 5.69 Å². The van der Waals surface area contributed by atoms with E-state index in [2.05, 4.69) is 112 Å². The van der Waals surface area contributed by atoms with Crippen LogP contribution >= 0.6 is 12.2 Å². The van der Waals surface area contributed by atoms with E-state index in [0.29, 0.717) is 0 Å². The lowest BCUT2D eigenvalue weighted by Gasteiger charge is -2.29. The summed E-state index contributed by atoms with van der Waals surface area (Å²) in [6.45, 7) is 0.728. The summed E-state index contributed by atoms with van der Waals surface area (Å²) in [4.78, 5) is 9.06. The van der Waals surface area contributed by atoms with E-state index >= 15 is 0 Å². The van der Waals surface area contributed by atoms with Crippen molar-refractivity contribution in [1.82, 2.24) is 19.8 Å². The highest BCUT2D eigenvalue weighted by molar-refractivity contribution is 7.80. The van der Waals surface area contributed by atoms with Crippen LogP contribution < -0.4 is 10.2 Å². The predicted molar refractivity (Wildman–Crippen MR) is 138 cm³/mol. The Bertz CT molecular complexity index is 1220. The third-order valence-corrected chi connectivity index (χ3v) is 6.47. The van der Waals surface area contributed by atoms with Gasteiger partial charge in [-0.3, -0.25) is 4.98 Å². The molecule has 0 saturated carbocycles. The molecule has 2 aromatic heterocycles. The molecule has 6 heteroatoms. The molecule has 33 heavy (non-hydrogen) atoms. The zero-order valence-electron chi connectivity index (χ0n) is 18.8. The molecule has 2 atom stereocenters. The van der Waals surface area contributed by atoms with Crippen molar-refractivity contribution < 1.29 is 0 Å². The molecule has 0 amide bonds. The van der Waals surface area contributed by atoms with Crippen molar-refractivity contribution in [1.29, 1.82) is 0 Å². The third kappa shape index (κ3) is 4.22. The SMILES string of the molecule is CN(C)c1ccc(-n2cccc2C2C(c3ccccn3)NC(=S)N2Cc2ccccc2)cc1. The molecule has 1 saturated heterocycles. The Labute approximate surface area is 200 Å². The molecule has 2 unspecified atom stereocenters. The van der Waals surface area contributed by atoms with Gasteiger partial charge >= 0.3 is 0 Å². The second kappa shape index (κ2) is 9.08. The van der Waals surface area contributed by atoms with Crippen molar-refractivity contribution in [2.45, 2.75) is 18.6 Å². The highest BCUT2D eigenvalue weighted by Crippen LogP contribution is 2.40. The molecule has 1 aliphatic rings. The number of hydrogen-bond acceptors (Lipinski definition) is 3. The minimum atomic E-state index is -0.0443. The van der Waals surface area contributed by atoms with Gasteiger partial charge < -0.3 is 19.7 Å². The molecule has 1 fully saturated rings. The highest BCUT2D eigenvalue weighted by Gasteiger charge is 2.41. The van der Waals surface area contributed by atoms with Crippen LogP contribution in [-0.4, -0.2) is 33.7 Å². The maximum atomic E-state index is 5.85. The lowest BCUT2D eigenvalue weighted by Crippen LogP contribution is -2.30. The summed E-state index contributed by atoms with van der Waals surface area (Å²) in [5.41, 5.74) is 5.68. The Balaban J connectivity index is 1.57. The van der Waals surface area contributed by atoms with Crippen LogP contribution in [0.15, 0.2) is 97.3 Å². The Hall–Kier alpha value is -3.64. The van der Waals surface area contributed by atoms with Gasteiger partial charge in [-0.2, -0.15) is 0 Å². The molecule has 166 valence electrons. The van der Waals surface area contributed by atoms with Crippen molar-refractivity contribution in [3.05, 3.63) is 114 Å². The van der Waals surface area contributed by atoms with Crippen molar-refractivity contribution in [2.75, 3.05) is 19.0 Å². The Kier molecular flexibility index (Phi) is 5.84. The number of hydrogen-bond donors (Lipinski definition) is 1. The first-order chi connectivity index (χ1) is 16.1. The first-order valence-corrected chi connectivity index (χ1v) is 11.5. The van der Waals surface area contributed by atoms with Crippen LogP contribution in [0.5, 0.6) is 0 Å². The number of nitrogens with zero attached hydrogens (tertiary/aromatic N) is 4. The van der Waals surface area contributed by atoms with E-state index in [1.165, 1.54) is 16.9 Å². The highest BCUT2D eigenvalue weighted by atomic mass is 32.1. The zero-order valence-corrected chi connectivity index (χ0v) is 19.6. The van der Waals surface area contributed by atoms with Gasteiger partial charge in [0.15, 0.2) is 5.11 Å². The summed E-state index contributed by atoms with van der Waals surface area (Å²) in [6, 6.07) is 29.4. The van der Waals surface area contributed by atoms with Gasteiger partial charge in [-0.05, 0) is 66.3 Å². The van der Waals surface area contributed by atoms with Crippen LogP contribution in [0, 0.1) is 0 Å². The zero-order chi connectivity index (χ0) is 22.8. The van der Waals surface area contributed by atoms with Crippen molar-refractivity contribution >= 4 is 23.0 Å². The minimum absolute atomic E-state index is 0.00358. The van der Waals surface area contributed by atoms with E-state index in [-0.39, 0.29) is 12.1 Å². The number of nitrogens with one attached hydrogen (secondary N) is 1. The largest absolute Gasteiger partial charge is 0.378 e. The van der Waals surface area contributed by atoms with Crippen LogP contribution in [0.4, 0.5) is 5.69 Å². The van der Waals surface area contributed by atoms with Gasteiger partial charge in [-0.15, -0.1) is 0 Å². The van der Waals surface area contributed by atoms with Crippen LogP contribution in [0.2, 0.25) is 0 Å². The molecule has 5 rings (SSSR count). The van der Waals surface area contributed by atoms with Crippen molar-refractivity contribution in [3.8, 4) is 5.69 Å². The fraction of sp³-hybridized carbons (Fsp3) is 0.185. The van der Waals surface area contributed by atoms with E-state index in [1.54, 1.807) is 0 Å². The maximum absolute atomic E-state index is 5.85. The molecule has 3 heterocycles. The van der Waals surface area contributed by atoms with Crippen molar-refractivity contribution in [3.63, 3.8) is 0 Å². The molecule has 0 aliphatic carbocycles. The molecule has 2 aromatic carbocycles. The van der Waals surface area contributed by atoms with E-state index < -0.39 is 0 Å². The van der Waals surface area contributed by atoms with Gasteiger partial charge in [0.05, 0.1) is 17.8 Å². The molecule has 0 radical (unpaired) electrons. The van der Waals surface area contributed by atoms with Gasteiger partial charge in [-0.25, -0.2) is 0 Å². The summed E-state index contributed by atoms with van der Waals surface area (Å²) >= 11 is 5.85. The standard InChI is InChI=1S/C27H27N5S/c1-30(2)21-13-15-22(16-14-21)31-18-8-12-24(31)26-25(23-11-6-7-17-28-23)29-27(33)32(26)19-20-9-4-3-5-10-20/h3-18,25-26H,19H2,1-2H3,(H,29,33). The Morgan fingerprint density at radius 2 is 1.67 bits per heavy atom. The number of aromatic nitrogens is 2. The monoisotopic (exact) mass is 453 g/mol. The number of rotatable bonds is 6. The molecule has 1 aliphatic heterocycles. The fourth-order valence-corrected chi connectivity index (χ4v) is 4.76. The third-order valence-electron chi connectivity index (χ3n) is 6.12. The molecule has 1 N–H and O–H groups in total. The number of thiocarbonyl (C=S) groups is 1. The number of anilines is 1. The average molecular weight is 454 g/mol. The molecular formula is C27H27N5S. The predicted octanol–water partition coefficient (Wildman–Crippen LogP) is 5.11. The van der Waals surface area contributed by atoms with Gasteiger partial charge in [0.1, 0.15) is 0 Å². The van der Waals surface area contributed by atoms with E-state index in [9.17, 15) is 0 Å². The summed E-state index contributed by atoms with van der Waals surface area (Å²) in [7, 11) is 4.11. The number of benzene rings is 2. The summed E-state index contributed by atoms with van der Waals surface area (Å²) in [5, 5.41) is 4.30. The molecule has 0 bridgehead atoms.